The molecule has 0 aromatic heterocycles. The molecule has 0 radical (unpaired) electrons. The fourth-order valence-electron chi connectivity index (χ4n) is 8.83. The molecule has 0 saturated heterocycles. The zero-order valence-corrected chi connectivity index (χ0v) is 18.4. The van der Waals surface area contributed by atoms with E-state index in [1.54, 1.807) is 0 Å². The van der Waals surface area contributed by atoms with Crippen LogP contribution in [0.15, 0.2) is 0 Å². The van der Waals surface area contributed by atoms with Gasteiger partial charge in [-0.1, -0.05) is 69.2 Å². The van der Waals surface area contributed by atoms with Crippen LogP contribution in [0.1, 0.15) is 69.2 Å². The van der Waals surface area contributed by atoms with Crippen LogP contribution in [0.4, 0.5) is 0 Å². The molecular weight excluding hydrogens is 296 g/mol. The van der Waals surface area contributed by atoms with Crippen molar-refractivity contribution in [3.63, 3.8) is 0 Å². The van der Waals surface area contributed by atoms with E-state index >= 15 is 0 Å². The van der Waals surface area contributed by atoms with Gasteiger partial charge < -0.3 is 10.2 Å². The van der Waals surface area contributed by atoms with Crippen molar-refractivity contribution in [1.82, 2.24) is 0 Å². The summed E-state index contributed by atoms with van der Waals surface area (Å²) >= 11 is 0. The predicted molar refractivity (Wildman–Crippen MR) is 104 cm³/mol. The van der Waals surface area contributed by atoms with E-state index in [0.29, 0.717) is 21.7 Å². The minimum Gasteiger partial charge on any atom is -0.400 e. The van der Waals surface area contributed by atoms with Crippen LogP contribution >= 0.6 is 0 Å². The van der Waals surface area contributed by atoms with Gasteiger partial charge in [-0.3, -0.25) is 0 Å². The lowest BCUT2D eigenvalue weighted by Gasteiger charge is -2.61. The number of hydrogen-bond donors (Lipinski definition) is 2. The standard InChI is InChI=1S/C20H36.2CH4O/c1-11-12(2)19(9)17(7)14(4)15(5)18(8,16(17)6)20(19,10)13(11)3;2*1-2/h11-16H,1-10H3;2*2H,1H3. The minimum absolute atomic E-state index is 0.485. The van der Waals surface area contributed by atoms with Crippen molar-refractivity contribution in [2.75, 3.05) is 14.2 Å². The van der Waals surface area contributed by atoms with Crippen molar-refractivity contribution < 1.29 is 10.2 Å². The van der Waals surface area contributed by atoms with Crippen LogP contribution in [-0.4, -0.2) is 24.4 Å². The fourth-order valence-corrected chi connectivity index (χ4v) is 8.83. The zero-order chi connectivity index (χ0) is 19.5. The number of fused-ring (bicyclic) bond motifs is 5. The Balaban J connectivity index is 0.000000671. The molecule has 2 N–H and O–H groups in total. The van der Waals surface area contributed by atoms with E-state index in [4.69, 9.17) is 10.2 Å². The van der Waals surface area contributed by atoms with Gasteiger partial charge in [0, 0.05) is 14.2 Å². The molecule has 2 bridgehead atoms. The molecule has 8 atom stereocenters. The van der Waals surface area contributed by atoms with Gasteiger partial charge in [-0.2, -0.15) is 0 Å². The van der Waals surface area contributed by atoms with E-state index in [-0.39, 0.29) is 0 Å². The van der Waals surface area contributed by atoms with Crippen molar-refractivity contribution >= 4 is 0 Å². The Bertz CT molecular complexity index is 423. The normalized spacial score (nSPS) is 60.8. The molecule has 3 aliphatic rings. The summed E-state index contributed by atoms with van der Waals surface area (Å²) in [6.45, 7) is 26.0. The number of rotatable bonds is 0. The topological polar surface area (TPSA) is 40.5 Å². The van der Waals surface area contributed by atoms with Crippen molar-refractivity contribution in [3.8, 4) is 0 Å². The SMILES string of the molecule is CC1C(C)C2(C)C3(C)C(C)C(C)C(C)(C3C)C2(C)C1C.CO.CO. The molecule has 3 fully saturated rings. The molecule has 24 heavy (non-hydrogen) atoms. The maximum atomic E-state index is 7.00. The first-order valence-electron chi connectivity index (χ1n) is 9.84. The van der Waals surface area contributed by atoms with Crippen LogP contribution in [0.25, 0.3) is 0 Å². The Labute approximate surface area is 151 Å². The molecule has 0 amide bonds. The molecular formula is C22H44O2. The van der Waals surface area contributed by atoms with Crippen LogP contribution in [0.5, 0.6) is 0 Å². The molecule has 0 aromatic rings. The van der Waals surface area contributed by atoms with Gasteiger partial charge in [0.05, 0.1) is 0 Å². The Morgan fingerprint density at radius 2 is 0.750 bits per heavy atom. The second kappa shape index (κ2) is 6.27. The fraction of sp³-hybridized carbons (Fsp3) is 1.00. The van der Waals surface area contributed by atoms with Crippen molar-refractivity contribution in [2.24, 2.45) is 57.2 Å². The van der Waals surface area contributed by atoms with Gasteiger partial charge in [0.25, 0.3) is 0 Å². The summed E-state index contributed by atoms with van der Waals surface area (Å²) in [6, 6.07) is 0. The van der Waals surface area contributed by atoms with E-state index in [1.807, 2.05) is 0 Å². The van der Waals surface area contributed by atoms with E-state index in [9.17, 15) is 0 Å². The van der Waals surface area contributed by atoms with E-state index in [1.165, 1.54) is 0 Å². The van der Waals surface area contributed by atoms with Gasteiger partial charge >= 0.3 is 0 Å². The van der Waals surface area contributed by atoms with Gasteiger partial charge in [-0.15, -0.1) is 0 Å². The molecule has 0 heterocycles. The first-order chi connectivity index (χ1) is 10.9. The first-order valence-corrected chi connectivity index (χ1v) is 9.84. The lowest BCUT2D eigenvalue weighted by molar-refractivity contribution is -0.137. The van der Waals surface area contributed by atoms with E-state index < -0.39 is 0 Å². The Morgan fingerprint density at radius 3 is 1.00 bits per heavy atom. The van der Waals surface area contributed by atoms with Crippen LogP contribution in [0, 0.1) is 57.2 Å². The summed E-state index contributed by atoms with van der Waals surface area (Å²) in [5, 5.41) is 14.0. The highest BCUT2D eigenvalue weighted by Crippen LogP contribution is 2.90. The summed E-state index contributed by atoms with van der Waals surface area (Å²) < 4.78 is 0. The minimum atomic E-state index is 0.485. The van der Waals surface area contributed by atoms with Crippen LogP contribution in [-0.2, 0) is 0 Å². The van der Waals surface area contributed by atoms with E-state index in [2.05, 4.69) is 69.2 Å². The Morgan fingerprint density at radius 1 is 0.500 bits per heavy atom. The van der Waals surface area contributed by atoms with Gasteiger partial charge in [0.15, 0.2) is 0 Å². The van der Waals surface area contributed by atoms with E-state index in [0.717, 1.165) is 49.7 Å². The summed E-state index contributed by atoms with van der Waals surface area (Å²) in [5.41, 5.74) is 1.96. The molecule has 2 nitrogen and oxygen atoms in total. The van der Waals surface area contributed by atoms with Crippen molar-refractivity contribution in [3.05, 3.63) is 0 Å². The molecule has 144 valence electrons. The maximum absolute atomic E-state index is 7.00. The Kier molecular flexibility index (Phi) is 5.73. The summed E-state index contributed by atoms with van der Waals surface area (Å²) in [4.78, 5) is 0. The monoisotopic (exact) mass is 340 g/mol. The maximum Gasteiger partial charge on any atom is 0.0319 e. The smallest absolute Gasteiger partial charge is 0.0319 e. The predicted octanol–water partition coefficient (Wildman–Crippen LogP) is 5.09. The third-order valence-electron chi connectivity index (χ3n) is 11.2. The highest BCUT2D eigenvalue weighted by atomic mass is 16.2. The number of aliphatic hydroxyl groups is 2. The molecule has 0 aliphatic heterocycles. The summed E-state index contributed by atoms with van der Waals surface area (Å²) in [7, 11) is 2.00. The van der Waals surface area contributed by atoms with Crippen LogP contribution in [0.2, 0.25) is 0 Å². The lowest BCUT2D eigenvalue weighted by Crippen LogP contribution is -2.56. The largest absolute Gasteiger partial charge is 0.400 e. The average molecular weight is 341 g/mol. The van der Waals surface area contributed by atoms with Gasteiger partial charge in [0.1, 0.15) is 0 Å². The third-order valence-corrected chi connectivity index (χ3v) is 11.2. The lowest BCUT2D eigenvalue weighted by atomic mass is 9.43. The average Bonchev–Trinajstić information content (AvgIpc) is 2.89. The quantitative estimate of drug-likeness (QED) is 0.645. The Hall–Kier alpha value is -0.0800. The molecule has 8 unspecified atom stereocenters. The van der Waals surface area contributed by atoms with Gasteiger partial charge in [-0.05, 0) is 57.2 Å². The second-order valence-corrected chi connectivity index (χ2v) is 9.71. The van der Waals surface area contributed by atoms with Crippen molar-refractivity contribution in [2.45, 2.75) is 69.2 Å². The zero-order valence-electron chi connectivity index (χ0n) is 18.4. The van der Waals surface area contributed by atoms with Crippen LogP contribution in [0.3, 0.4) is 0 Å². The highest BCUT2D eigenvalue weighted by Gasteiger charge is 2.85. The van der Waals surface area contributed by atoms with Gasteiger partial charge in [0.2, 0.25) is 0 Å². The van der Waals surface area contributed by atoms with Crippen LogP contribution < -0.4 is 0 Å². The highest BCUT2D eigenvalue weighted by molar-refractivity contribution is 5.32. The molecule has 3 aliphatic carbocycles. The summed E-state index contributed by atoms with van der Waals surface area (Å²) in [5.74, 6) is 5.07. The molecule has 3 saturated carbocycles. The molecule has 0 spiro atoms. The summed E-state index contributed by atoms with van der Waals surface area (Å²) in [6.07, 6.45) is 0. The van der Waals surface area contributed by atoms with Crippen molar-refractivity contribution in [1.29, 1.82) is 0 Å². The number of aliphatic hydroxyl groups excluding tert-OH is 2. The number of hydrogen-bond acceptors (Lipinski definition) is 2. The molecule has 3 rings (SSSR count). The second-order valence-electron chi connectivity index (χ2n) is 9.71. The third kappa shape index (κ3) is 1.71. The first kappa shape index (κ1) is 22.0. The molecule has 2 heteroatoms. The van der Waals surface area contributed by atoms with Gasteiger partial charge in [-0.25, -0.2) is 0 Å². The molecule has 0 aromatic carbocycles.